The molecule has 1 amide bonds. The van der Waals surface area contributed by atoms with Crippen LogP contribution >= 0.6 is 0 Å². The number of allylic oxidation sites excluding steroid dienone is 2. The van der Waals surface area contributed by atoms with Crippen LogP contribution in [0.4, 0.5) is 0 Å². The Morgan fingerprint density at radius 3 is 2.19 bits per heavy atom. The topological polar surface area (TPSA) is 46.6 Å². The molecule has 1 rings (SSSR count). The fourth-order valence-electron chi connectivity index (χ4n) is 2.77. The SMILES string of the molecule is C/C=C/C(=O)OC1CCN(C(=O)/C=C/C)C(C)(C)C1(C)C. The minimum absolute atomic E-state index is 0.00815. The number of amides is 1. The van der Waals surface area contributed by atoms with Gasteiger partial charge in [-0.05, 0) is 33.8 Å². The largest absolute Gasteiger partial charge is 0.458 e. The van der Waals surface area contributed by atoms with E-state index in [-0.39, 0.29) is 23.4 Å². The van der Waals surface area contributed by atoms with E-state index in [0.29, 0.717) is 13.0 Å². The van der Waals surface area contributed by atoms with Crippen LogP contribution in [0.5, 0.6) is 0 Å². The van der Waals surface area contributed by atoms with Crippen molar-refractivity contribution in [1.29, 1.82) is 0 Å². The number of rotatable bonds is 3. The van der Waals surface area contributed by atoms with Crippen molar-refractivity contribution in [3.8, 4) is 0 Å². The lowest BCUT2D eigenvalue weighted by atomic mass is 9.66. The molecule has 0 aromatic rings. The number of nitrogens with zero attached hydrogens (tertiary/aromatic N) is 1. The van der Waals surface area contributed by atoms with Crippen LogP contribution in [0.15, 0.2) is 24.3 Å². The number of carbonyl (C=O) groups is 2. The Morgan fingerprint density at radius 1 is 1.10 bits per heavy atom. The van der Waals surface area contributed by atoms with Crippen molar-refractivity contribution in [2.75, 3.05) is 6.54 Å². The van der Waals surface area contributed by atoms with E-state index in [1.807, 2.05) is 25.7 Å². The number of carbonyl (C=O) groups excluding carboxylic acids is 2. The summed E-state index contributed by atoms with van der Waals surface area (Å²) in [5, 5.41) is 0. The molecule has 0 aromatic carbocycles. The van der Waals surface area contributed by atoms with E-state index in [9.17, 15) is 9.59 Å². The monoisotopic (exact) mass is 293 g/mol. The molecule has 0 radical (unpaired) electrons. The molecular weight excluding hydrogens is 266 g/mol. The Bertz CT molecular complexity index is 461. The van der Waals surface area contributed by atoms with Crippen molar-refractivity contribution < 1.29 is 14.3 Å². The quantitative estimate of drug-likeness (QED) is 0.593. The Labute approximate surface area is 127 Å². The molecule has 1 unspecified atom stereocenters. The van der Waals surface area contributed by atoms with Gasteiger partial charge in [0.25, 0.3) is 0 Å². The normalized spacial score (nSPS) is 24.5. The highest BCUT2D eigenvalue weighted by Gasteiger charge is 2.52. The summed E-state index contributed by atoms with van der Waals surface area (Å²) in [4.78, 5) is 25.8. The molecular formula is C17H27NO3. The zero-order chi connectivity index (χ0) is 16.3. The highest BCUT2D eigenvalue weighted by molar-refractivity contribution is 5.88. The molecule has 0 aliphatic carbocycles. The van der Waals surface area contributed by atoms with E-state index in [2.05, 4.69) is 13.8 Å². The molecule has 4 heteroatoms. The first kappa shape index (κ1) is 17.5. The molecule has 0 spiro atoms. The lowest BCUT2D eigenvalue weighted by Gasteiger charge is -2.56. The Kier molecular flexibility index (Phi) is 5.37. The summed E-state index contributed by atoms with van der Waals surface area (Å²) in [6.07, 6.45) is 6.90. The van der Waals surface area contributed by atoms with Gasteiger partial charge in [0.05, 0.1) is 0 Å². The number of hydrogen-bond acceptors (Lipinski definition) is 3. The molecule has 1 saturated heterocycles. The molecule has 1 aliphatic rings. The van der Waals surface area contributed by atoms with E-state index in [0.717, 1.165) is 0 Å². The van der Waals surface area contributed by atoms with E-state index < -0.39 is 5.54 Å². The first-order chi connectivity index (χ1) is 9.68. The summed E-state index contributed by atoms with van der Waals surface area (Å²) in [6, 6.07) is 0. The van der Waals surface area contributed by atoms with Crippen LogP contribution < -0.4 is 0 Å². The zero-order valence-electron chi connectivity index (χ0n) is 14.0. The third kappa shape index (κ3) is 3.36. The van der Waals surface area contributed by atoms with Gasteiger partial charge in [-0.15, -0.1) is 0 Å². The number of esters is 1. The molecule has 1 fully saturated rings. The summed E-state index contributed by atoms with van der Waals surface area (Å²) in [7, 11) is 0. The van der Waals surface area contributed by atoms with E-state index in [4.69, 9.17) is 4.74 Å². The van der Waals surface area contributed by atoms with Crippen molar-refractivity contribution in [3.63, 3.8) is 0 Å². The van der Waals surface area contributed by atoms with Crippen molar-refractivity contribution in [3.05, 3.63) is 24.3 Å². The second kappa shape index (κ2) is 6.46. The van der Waals surface area contributed by atoms with Crippen molar-refractivity contribution in [2.24, 2.45) is 5.41 Å². The lowest BCUT2D eigenvalue weighted by Crippen LogP contribution is -2.65. The molecule has 1 atom stereocenters. The first-order valence-electron chi connectivity index (χ1n) is 7.46. The summed E-state index contributed by atoms with van der Waals surface area (Å²) in [5.41, 5.74) is -0.734. The molecule has 0 saturated carbocycles. The van der Waals surface area contributed by atoms with Crippen molar-refractivity contribution in [1.82, 2.24) is 4.90 Å². The second-order valence-electron chi connectivity index (χ2n) is 6.48. The highest BCUT2D eigenvalue weighted by Crippen LogP contribution is 2.45. The smallest absolute Gasteiger partial charge is 0.330 e. The molecule has 21 heavy (non-hydrogen) atoms. The summed E-state index contributed by atoms with van der Waals surface area (Å²) >= 11 is 0. The number of likely N-dealkylation sites (tertiary alicyclic amines) is 1. The van der Waals surface area contributed by atoms with Crippen LogP contribution in [0.3, 0.4) is 0 Å². The Morgan fingerprint density at radius 2 is 1.67 bits per heavy atom. The van der Waals surface area contributed by atoms with Gasteiger partial charge >= 0.3 is 5.97 Å². The van der Waals surface area contributed by atoms with E-state index in [1.165, 1.54) is 6.08 Å². The molecule has 118 valence electrons. The number of piperidine rings is 1. The van der Waals surface area contributed by atoms with Crippen LogP contribution in [0.25, 0.3) is 0 Å². The van der Waals surface area contributed by atoms with Gasteiger partial charge in [-0.1, -0.05) is 26.0 Å². The van der Waals surface area contributed by atoms with Gasteiger partial charge in [-0.2, -0.15) is 0 Å². The molecule has 0 aromatic heterocycles. The van der Waals surface area contributed by atoms with Crippen LogP contribution in [-0.2, 0) is 14.3 Å². The predicted octanol–water partition coefficient (Wildman–Crippen LogP) is 3.09. The standard InChI is InChI=1S/C17H27NO3/c1-7-9-14(19)18-12-11-13(21-15(20)10-8-2)16(3,4)17(18,5)6/h7-10,13H,11-12H2,1-6H3/b9-7+,10-8+. The molecule has 0 bridgehead atoms. The maximum atomic E-state index is 12.3. The molecule has 1 aliphatic heterocycles. The minimum Gasteiger partial charge on any atom is -0.458 e. The van der Waals surface area contributed by atoms with Gasteiger partial charge < -0.3 is 9.64 Å². The van der Waals surface area contributed by atoms with Crippen LogP contribution in [0, 0.1) is 5.41 Å². The minimum atomic E-state index is -0.400. The van der Waals surface area contributed by atoms with Gasteiger partial charge in [0.1, 0.15) is 6.10 Å². The number of ether oxygens (including phenoxy) is 1. The third-order valence-electron chi connectivity index (χ3n) is 4.81. The Hall–Kier alpha value is -1.58. The Balaban J connectivity index is 2.99. The molecule has 0 N–H and O–H groups in total. The predicted molar refractivity (Wildman–Crippen MR) is 83.7 cm³/mol. The fourth-order valence-corrected chi connectivity index (χ4v) is 2.77. The second-order valence-corrected chi connectivity index (χ2v) is 6.48. The maximum Gasteiger partial charge on any atom is 0.330 e. The van der Waals surface area contributed by atoms with Crippen LogP contribution in [0.1, 0.15) is 48.0 Å². The van der Waals surface area contributed by atoms with E-state index >= 15 is 0 Å². The maximum absolute atomic E-state index is 12.3. The average molecular weight is 293 g/mol. The van der Waals surface area contributed by atoms with Gasteiger partial charge in [-0.25, -0.2) is 4.79 Å². The first-order valence-corrected chi connectivity index (χ1v) is 7.46. The summed E-state index contributed by atoms with van der Waals surface area (Å²) in [5.74, 6) is -0.312. The summed E-state index contributed by atoms with van der Waals surface area (Å²) < 4.78 is 5.59. The third-order valence-corrected chi connectivity index (χ3v) is 4.81. The number of hydrogen-bond donors (Lipinski definition) is 0. The van der Waals surface area contributed by atoms with Gasteiger partial charge in [0.2, 0.25) is 5.91 Å². The van der Waals surface area contributed by atoms with Crippen LogP contribution in [-0.4, -0.2) is 35.0 Å². The fraction of sp³-hybridized carbons (Fsp3) is 0.647. The van der Waals surface area contributed by atoms with Crippen molar-refractivity contribution >= 4 is 11.9 Å². The zero-order valence-corrected chi connectivity index (χ0v) is 14.0. The van der Waals surface area contributed by atoms with E-state index in [1.54, 1.807) is 25.2 Å². The average Bonchev–Trinajstić information content (AvgIpc) is 2.36. The molecule has 1 heterocycles. The highest BCUT2D eigenvalue weighted by atomic mass is 16.5. The lowest BCUT2D eigenvalue weighted by molar-refractivity contribution is -0.172. The summed E-state index contributed by atoms with van der Waals surface area (Å²) in [6.45, 7) is 12.4. The van der Waals surface area contributed by atoms with Gasteiger partial charge in [0.15, 0.2) is 0 Å². The van der Waals surface area contributed by atoms with Gasteiger partial charge in [-0.3, -0.25) is 4.79 Å². The van der Waals surface area contributed by atoms with Gasteiger partial charge in [0, 0.05) is 30.0 Å². The van der Waals surface area contributed by atoms with Crippen LogP contribution in [0.2, 0.25) is 0 Å². The van der Waals surface area contributed by atoms with Crippen molar-refractivity contribution in [2.45, 2.75) is 59.6 Å². The molecule has 4 nitrogen and oxygen atoms in total.